The number of halogens is 1. The molecule has 0 aliphatic heterocycles. The zero-order chi connectivity index (χ0) is 14.5. The molecule has 1 aromatic carbocycles. The largest absolute Gasteiger partial charge is 0.468 e. The van der Waals surface area contributed by atoms with Crippen molar-refractivity contribution in [1.82, 2.24) is 9.78 Å². The van der Waals surface area contributed by atoms with Crippen molar-refractivity contribution >= 4 is 17.7 Å². The summed E-state index contributed by atoms with van der Waals surface area (Å²) in [6.45, 7) is -0.0634. The molecule has 0 atom stereocenters. The van der Waals surface area contributed by atoms with Crippen molar-refractivity contribution in [2.24, 2.45) is 0 Å². The number of aromatic nitrogens is 2. The third-order valence-corrected chi connectivity index (χ3v) is 2.52. The monoisotopic (exact) mass is 277 g/mol. The van der Waals surface area contributed by atoms with Crippen LogP contribution in [0.25, 0.3) is 0 Å². The molecule has 0 unspecified atom stereocenters. The first-order chi connectivity index (χ1) is 9.60. The third-order valence-electron chi connectivity index (χ3n) is 2.52. The van der Waals surface area contributed by atoms with Crippen LogP contribution in [0.4, 0.5) is 10.2 Å². The van der Waals surface area contributed by atoms with Crippen LogP contribution in [-0.4, -0.2) is 28.8 Å². The van der Waals surface area contributed by atoms with Crippen LogP contribution in [0.1, 0.15) is 10.4 Å². The number of methoxy groups -OCH3 is 1. The normalized spacial score (nSPS) is 10.1. The molecule has 2 rings (SSSR count). The Bertz CT molecular complexity index is 639. The molecule has 0 saturated heterocycles. The highest BCUT2D eigenvalue weighted by Crippen LogP contribution is 2.10. The van der Waals surface area contributed by atoms with Crippen LogP contribution in [-0.2, 0) is 16.1 Å². The van der Waals surface area contributed by atoms with Gasteiger partial charge in [0.2, 0.25) is 0 Å². The van der Waals surface area contributed by atoms with Crippen molar-refractivity contribution in [3.63, 3.8) is 0 Å². The lowest BCUT2D eigenvalue weighted by Crippen LogP contribution is -2.15. The SMILES string of the molecule is COC(=O)Cn1ccc(NC(=O)c2ccccc2F)n1. The van der Waals surface area contributed by atoms with E-state index in [9.17, 15) is 14.0 Å². The highest BCUT2D eigenvalue weighted by molar-refractivity contribution is 6.03. The minimum atomic E-state index is -0.612. The van der Waals surface area contributed by atoms with Gasteiger partial charge >= 0.3 is 5.97 Å². The van der Waals surface area contributed by atoms with Gasteiger partial charge in [-0.3, -0.25) is 14.3 Å². The van der Waals surface area contributed by atoms with Crippen molar-refractivity contribution in [3.05, 3.63) is 47.9 Å². The first kappa shape index (κ1) is 13.7. The Kier molecular flexibility index (Phi) is 4.09. The highest BCUT2D eigenvalue weighted by atomic mass is 19.1. The van der Waals surface area contributed by atoms with Gasteiger partial charge in [0.25, 0.3) is 5.91 Å². The summed E-state index contributed by atoms with van der Waals surface area (Å²) >= 11 is 0. The lowest BCUT2D eigenvalue weighted by molar-refractivity contribution is -0.141. The van der Waals surface area contributed by atoms with Crippen molar-refractivity contribution in [2.75, 3.05) is 12.4 Å². The van der Waals surface area contributed by atoms with E-state index in [-0.39, 0.29) is 17.9 Å². The number of carbonyl (C=O) groups excluding carboxylic acids is 2. The fourth-order valence-corrected chi connectivity index (χ4v) is 1.54. The second-order valence-electron chi connectivity index (χ2n) is 3.91. The Labute approximate surface area is 114 Å². The average Bonchev–Trinajstić information content (AvgIpc) is 2.86. The average molecular weight is 277 g/mol. The van der Waals surface area contributed by atoms with E-state index in [4.69, 9.17) is 0 Å². The van der Waals surface area contributed by atoms with Crippen LogP contribution in [0, 0.1) is 5.82 Å². The third kappa shape index (κ3) is 3.19. The number of rotatable bonds is 4. The Morgan fingerprint density at radius 1 is 1.35 bits per heavy atom. The topological polar surface area (TPSA) is 73.2 Å². The molecule has 0 bridgehead atoms. The molecular weight excluding hydrogens is 265 g/mol. The predicted molar refractivity (Wildman–Crippen MR) is 68.6 cm³/mol. The Hall–Kier alpha value is -2.70. The molecule has 0 spiro atoms. The second-order valence-corrected chi connectivity index (χ2v) is 3.91. The van der Waals surface area contributed by atoms with Crippen LogP contribution in [0.2, 0.25) is 0 Å². The molecule has 1 aromatic heterocycles. The van der Waals surface area contributed by atoms with E-state index in [0.29, 0.717) is 0 Å². The maximum Gasteiger partial charge on any atom is 0.327 e. The zero-order valence-electron chi connectivity index (χ0n) is 10.7. The van der Waals surface area contributed by atoms with E-state index in [1.165, 1.54) is 42.3 Å². The van der Waals surface area contributed by atoms with Crippen LogP contribution >= 0.6 is 0 Å². The fraction of sp³-hybridized carbons (Fsp3) is 0.154. The minimum Gasteiger partial charge on any atom is -0.468 e. The van der Waals surface area contributed by atoms with E-state index in [1.54, 1.807) is 6.07 Å². The maximum absolute atomic E-state index is 13.4. The number of nitrogens with zero attached hydrogens (tertiary/aromatic N) is 2. The molecule has 20 heavy (non-hydrogen) atoms. The molecule has 6 nitrogen and oxygen atoms in total. The molecule has 0 aliphatic rings. The summed E-state index contributed by atoms with van der Waals surface area (Å²) in [5, 5.41) is 6.40. The lowest BCUT2D eigenvalue weighted by Gasteiger charge is -2.03. The molecule has 0 saturated carbocycles. The van der Waals surface area contributed by atoms with Gasteiger partial charge in [-0.15, -0.1) is 0 Å². The Balaban J connectivity index is 2.05. The van der Waals surface area contributed by atoms with Gasteiger partial charge in [-0.05, 0) is 12.1 Å². The number of benzene rings is 1. The summed E-state index contributed by atoms with van der Waals surface area (Å²) in [6, 6.07) is 7.13. The molecular formula is C13H12FN3O3. The summed E-state index contributed by atoms with van der Waals surface area (Å²) < 4.78 is 19.2. The predicted octanol–water partition coefficient (Wildman–Crippen LogP) is 1.45. The molecule has 0 aliphatic carbocycles. The number of carbonyl (C=O) groups is 2. The number of esters is 1. The fourth-order valence-electron chi connectivity index (χ4n) is 1.54. The van der Waals surface area contributed by atoms with Crippen molar-refractivity contribution < 1.29 is 18.7 Å². The van der Waals surface area contributed by atoms with Crippen molar-refractivity contribution in [2.45, 2.75) is 6.54 Å². The van der Waals surface area contributed by atoms with E-state index in [1.807, 2.05) is 0 Å². The van der Waals surface area contributed by atoms with E-state index in [0.717, 1.165) is 0 Å². The smallest absolute Gasteiger partial charge is 0.327 e. The van der Waals surface area contributed by atoms with Gasteiger partial charge in [-0.25, -0.2) is 4.39 Å². The number of amides is 1. The number of hydrogen-bond donors (Lipinski definition) is 1. The van der Waals surface area contributed by atoms with Gasteiger partial charge in [0.05, 0.1) is 12.7 Å². The quantitative estimate of drug-likeness (QED) is 0.858. The highest BCUT2D eigenvalue weighted by Gasteiger charge is 2.12. The summed E-state index contributed by atoms with van der Waals surface area (Å²) in [7, 11) is 1.27. The van der Waals surface area contributed by atoms with Crippen LogP contribution in [0.3, 0.4) is 0 Å². The van der Waals surface area contributed by atoms with Gasteiger partial charge in [0.15, 0.2) is 5.82 Å². The maximum atomic E-state index is 13.4. The van der Waals surface area contributed by atoms with Crippen LogP contribution < -0.4 is 5.32 Å². The van der Waals surface area contributed by atoms with E-state index in [2.05, 4.69) is 15.2 Å². The number of ether oxygens (including phenoxy) is 1. The summed E-state index contributed by atoms with van der Waals surface area (Å²) in [4.78, 5) is 22.9. The molecule has 1 N–H and O–H groups in total. The van der Waals surface area contributed by atoms with Gasteiger partial charge < -0.3 is 10.1 Å². The number of nitrogens with one attached hydrogen (secondary N) is 1. The van der Waals surface area contributed by atoms with Crippen LogP contribution in [0.5, 0.6) is 0 Å². The lowest BCUT2D eigenvalue weighted by atomic mass is 10.2. The van der Waals surface area contributed by atoms with Gasteiger partial charge in [-0.2, -0.15) is 5.10 Å². The first-order valence-electron chi connectivity index (χ1n) is 5.76. The van der Waals surface area contributed by atoms with E-state index >= 15 is 0 Å². The van der Waals surface area contributed by atoms with Gasteiger partial charge in [-0.1, -0.05) is 12.1 Å². The standard InChI is InChI=1S/C13H12FN3O3/c1-20-12(18)8-17-7-6-11(16-17)15-13(19)9-4-2-3-5-10(9)14/h2-7H,8H2,1H3,(H,15,16,19). The van der Waals surface area contributed by atoms with Gasteiger partial charge in [0.1, 0.15) is 12.4 Å². The number of anilines is 1. The minimum absolute atomic E-state index is 0.0634. The molecule has 0 fully saturated rings. The Morgan fingerprint density at radius 2 is 2.10 bits per heavy atom. The molecule has 2 aromatic rings. The van der Waals surface area contributed by atoms with Gasteiger partial charge in [0, 0.05) is 12.3 Å². The van der Waals surface area contributed by atoms with E-state index < -0.39 is 17.7 Å². The zero-order valence-corrected chi connectivity index (χ0v) is 10.7. The molecule has 7 heteroatoms. The van der Waals surface area contributed by atoms with Crippen LogP contribution in [0.15, 0.2) is 36.5 Å². The molecule has 0 radical (unpaired) electrons. The number of hydrogen-bond acceptors (Lipinski definition) is 4. The van der Waals surface area contributed by atoms with Crippen molar-refractivity contribution in [3.8, 4) is 0 Å². The summed E-state index contributed by atoms with van der Waals surface area (Å²) in [5.41, 5.74) is -0.0741. The first-order valence-corrected chi connectivity index (χ1v) is 5.76. The Morgan fingerprint density at radius 3 is 2.80 bits per heavy atom. The summed E-state index contributed by atoms with van der Waals surface area (Å²) in [6.07, 6.45) is 1.51. The molecule has 104 valence electrons. The molecule has 1 amide bonds. The molecule has 1 heterocycles. The van der Waals surface area contributed by atoms with Crippen molar-refractivity contribution in [1.29, 1.82) is 0 Å². The second kappa shape index (κ2) is 5.96. The summed E-state index contributed by atoms with van der Waals surface area (Å²) in [5.74, 6) is -1.45.